The summed E-state index contributed by atoms with van der Waals surface area (Å²) >= 11 is 7.97. The van der Waals surface area contributed by atoms with Crippen molar-refractivity contribution in [2.24, 2.45) is 5.84 Å². The van der Waals surface area contributed by atoms with E-state index in [-0.39, 0.29) is 0 Å². The molecule has 0 spiro atoms. The third-order valence-corrected chi connectivity index (χ3v) is 2.07. The molecule has 1 aromatic carbocycles. The monoisotopic (exact) mass is 268 g/mol. The maximum atomic E-state index is 5.78. The Balaban J connectivity index is 3.07. The Labute approximate surface area is 77.9 Å². The number of nitrogens with two attached hydrogens (primary N) is 1. The smallest absolute Gasteiger partial charge is 0.0672 e. The fourth-order valence-electron chi connectivity index (χ4n) is 0.607. The Morgan fingerprint density at radius 2 is 2.20 bits per heavy atom. The molecular formula is C6H6ClIN2. The highest BCUT2D eigenvalue weighted by molar-refractivity contribution is 14.1. The number of hydrogen-bond acceptors (Lipinski definition) is 2. The Bertz CT molecular complexity index is 239. The van der Waals surface area contributed by atoms with E-state index >= 15 is 0 Å². The van der Waals surface area contributed by atoms with Crippen LogP contribution >= 0.6 is 34.2 Å². The number of benzene rings is 1. The van der Waals surface area contributed by atoms with Gasteiger partial charge >= 0.3 is 0 Å². The van der Waals surface area contributed by atoms with Gasteiger partial charge in [-0.25, -0.2) is 0 Å². The van der Waals surface area contributed by atoms with Gasteiger partial charge in [0.1, 0.15) is 0 Å². The number of nitrogen functional groups attached to an aromatic ring is 1. The summed E-state index contributed by atoms with van der Waals surface area (Å²) in [4.78, 5) is 0. The predicted molar refractivity (Wildman–Crippen MR) is 52.0 cm³/mol. The first-order valence-electron chi connectivity index (χ1n) is 2.65. The van der Waals surface area contributed by atoms with Crippen molar-refractivity contribution in [1.82, 2.24) is 0 Å². The molecule has 4 heteroatoms. The normalized spacial score (nSPS) is 9.50. The van der Waals surface area contributed by atoms with E-state index in [2.05, 4.69) is 28.0 Å². The third-order valence-electron chi connectivity index (χ3n) is 1.09. The van der Waals surface area contributed by atoms with Crippen LogP contribution in [0, 0.1) is 3.57 Å². The highest BCUT2D eigenvalue weighted by Crippen LogP contribution is 2.22. The van der Waals surface area contributed by atoms with Gasteiger partial charge in [-0.05, 0) is 40.8 Å². The second kappa shape index (κ2) is 3.41. The second-order valence-electron chi connectivity index (χ2n) is 1.77. The minimum absolute atomic E-state index is 0.648. The van der Waals surface area contributed by atoms with Crippen LogP contribution in [-0.2, 0) is 0 Å². The second-order valence-corrected chi connectivity index (χ2v) is 3.42. The van der Waals surface area contributed by atoms with Crippen molar-refractivity contribution in [2.45, 2.75) is 0 Å². The van der Waals surface area contributed by atoms with E-state index in [1.54, 1.807) is 0 Å². The van der Waals surface area contributed by atoms with Crippen LogP contribution in [0.15, 0.2) is 18.2 Å². The molecule has 0 aliphatic heterocycles. The van der Waals surface area contributed by atoms with Gasteiger partial charge in [0.15, 0.2) is 0 Å². The lowest BCUT2D eigenvalue weighted by Crippen LogP contribution is -2.06. The van der Waals surface area contributed by atoms with Crippen LogP contribution < -0.4 is 11.3 Å². The van der Waals surface area contributed by atoms with E-state index in [4.69, 9.17) is 17.4 Å². The predicted octanol–water partition coefficient (Wildman–Crippen LogP) is 2.23. The Kier molecular flexibility index (Phi) is 2.76. The Hall–Kier alpha value is -0.0000000000000000555. The quantitative estimate of drug-likeness (QED) is 0.466. The molecule has 0 radical (unpaired) electrons. The van der Waals surface area contributed by atoms with Crippen LogP contribution in [-0.4, -0.2) is 0 Å². The van der Waals surface area contributed by atoms with E-state index in [0.717, 1.165) is 9.26 Å². The lowest BCUT2D eigenvalue weighted by atomic mass is 10.3. The van der Waals surface area contributed by atoms with Gasteiger partial charge in [0.2, 0.25) is 0 Å². The van der Waals surface area contributed by atoms with E-state index in [1.807, 2.05) is 18.2 Å². The summed E-state index contributed by atoms with van der Waals surface area (Å²) in [5.74, 6) is 5.16. The van der Waals surface area contributed by atoms with Crippen LogP contribution in [0.1, 0.15) is 0 Å². The van der Waals surface area contributed by atoms with Crippen LogP contribution in [0.2, 0.25) is 5.02 Å². The van der Waals surface area contributed by atoms with Crippen molar-refractivity contribution in [2.75, 3.05) is 5.43 Å². The van der Waals surface area contributed by atoms with Gasteiger partial charge in [0.25, 0.3) is 0 Å². The lowest BCUT2D eigenvalue weighted by molar-refractivity contribution is 1.35. The number of rotatable bonds is 1. The molecule has 54 valence electrons. The molecule has 1 aromatic rings. The van der Waals surface area contributed by atoms with Crippen molar-refractivity contribution >= 4 is 39.9 Å². The zero-order chi connectivity index (χ0) is 7.56. The summed E-state index contributed by atoms with van der Waals surface area (Å²) in [5.41, 5.74) is 3.24. The number of nitrogens with one attached hydrogen (secondary N) is 1. The van der Waals surface area contributed by atoms with Crippen molar-refractivity contribution in [3.63, 3.8) is 0 Å². The van der Waals surface area contributed by atoms with Gasteiger partial charge in [-0.15, -0.1) is 0 Å². The molecule has 0 saturated heterocycles. The van der Waals surface area contributed by atoms with Gasteiger partial charge in [0, 0.05) is 3.57 Å². The topological polar surface area (TPSA) is 38.0 Å². The maximum Gasteiger partial charge on any atom is 0.0672 e. The van der Waals surface area contributed by atoms with E-state index in [1.165, 1.54) is 0 Å². The molecule has 0 unspecified atom stereocenters. The van der Waals surface area contributed by atoms with Crippen molar-refractivity contribution < 1.29 is 0 Å². The van der Waals surface area contributed by atoms with Gasteiger partial charge in [-0.1, -0.05) is 11.6 Å². The molecule has 1 rings (SSSR count). The molecule has 0 atom stereocenters. The highest BCUT2D eigenvalue weighted by Gasteiger charge is 1.96. The first-order chi connectivity index (χ1) is 4.74. The van der Waals surface area contributed by atoms with Crippen LogP contribution in [0.3, 0.4) is 0 Å². The van der Waals surface area contributed by atoms with Crippen LogP contribution in [0.25, 0.3) is 0 Å². The van der Waals surface area contributed by atoms with Crippen LogP contribution in [0.5, 0.6) is 0 Å². The first-order valence-corrected chi connectivity index (χ1v) is 4.11. The SMILES string of the molecule is NNc1ccc(I)cc1Cl. The first kappa shape index (κ1) is 8.10. The molecule has 10 heavy (non-hydrogen) atoms. The zero-order valence-electron chi connectivity index (χ0n) is 5.07. The summed E-state index contributed by atoms with van der Waals surface area (Å²) < 4.78 is 1.10. The highest BCUT2D eigenvalue weighted by atomic mass is 127. The summed E-state index contributed by atoms with van der Waals surface area (Å²) in [6.45, 7) is 0. The molecule has 0 aliphatic carbocycles. The van der Waals surface area contributed by atoms with Crippen molar-refractivity contribution in [1.29, 1.82) is 0 Å². The third kappa shape index (κ3) is 1.74. The van der Waals surface area contributed by atoms with Crippen LogP contribution in [0.4, 0.5) is 5.69 Å². The molecule has 0 aromatic heterocycles. The minimum atomic E-state index is 0.648. The van der Waals surface area contributed by atoms with Gasteiger partial charge in [-0.2, -0.15) is 0 Å². The molecule has 0 bridgehead atoms. The average molecular weight is 268 g/mol. The van der Waals surface area contributed by atoms with Gasteiger partial charge < -0.3 is 5.43 Å². The summed E-state index contributed by atoms with van der Waals surface area (Å²) in [6, 6.07) is 5.61. The number of halogens is 2. The van der Waals surface area contributed by atoms with E-state index in [9.17, 15) is 0 Å². The minimum Gasteiger partial charge on any atom is -0.323 e. The number of anilines is 1. The van der Waals surface area contributed by atoms with E-state index in [0.29, 0.717) is 5.02 Å². The molecule has 0 saturated carbocycles. The van der Waals surface area contributed by atoms with Crippen molar-refractivity contribution in [3.05, 3.63) is 26.8 Å². The lowest BCUT2D eigenvalue weighted by Gasteiger charge is -2.01. The Morgan fingerprint density at radius 1 is 1.50 bits per heavy atom. The molecule has 3 N–H and O–H groups in total. The fraction of sp³-hybridized carbons (Fsp3) is 0. The number of hydrogen-bond donors (Lipinski definition) is 2. The molecular weight excluding hydrogens is 262 g/mol. The standard InChI is InChI=1S/C6H6ClIN2/c7-5-3-4(8)1-2-6(5)10-9/h1-3,10H,9H2. The Morgan fingerprint density at radius 3 is 2.70 bits per heavy atom. The summed E-state index contributed by atoms with van der Waals surface area (Å²) in [6.07, 6.45) is 0. The fourth-order valence-corrected chi connectivity index (χ4v) is 1.52. The van der Waals surface area contributed by atoms with Gasteiger partial charge in [-0.3, -0.25) is 5.84 Å². The molecule has 0 amide bonds. The van der Waals surface area contributed by atoms with Gasteiger partial charge in [0.05, 0.1) is 10.7 Å². The van der Waals surface area contributed by atoms with Crippen molar-refractivity contribution in [3.8, 4) is 0 Å². The molecule has 2 nitrogen and oxygen atoms in total. The zero-order valence-corrected chi connectivity index (χ0v) is 7.98. The largest absolute Gasteiger partial charge is 0.323 e. The number of hydrazine groups is 1. The molecule has 0 aliphatic rings. The summed E-state index contributed by atoms with van der Waals surface area (Å²) in [7, 11) is 0. The summed E-state index contributed by atoms with van der Waals surface area (Å²) in [5, 5.41) is 0.648. The average Bonchev–Trinajstić information content (AvgIpc) is 1.88. The van der Waals surface area contributed by atoms with E-state index < -0.39 is 0 Å². The molecule has 0 fully saturated rings. The molecule has 0 heterocycles. The maximum absolute atomic E-state index is 5.78.